The number of nitrogens with zero attached hydrogens (tertiary/aromatic N) is 3. The van der Waals surface area contributed by atoms with E-state index >= 15 is 0 Å². The summed E-state index contributed by atoms with van der Waals surface area (Å²) < 4.78 is 4.93. The smallest absolute Gasteiger partial charge is 0.228 e. The maximum Gasteiger partial charge on any atom is 0.228 e. The van der Waals surface area contributed by atoms with Crippen molar-refractivity contribution in [1.82, 2.24) is 14.7 Å². The van der Waals surface area contributed by atoms with Crippen LogP contribution in [-0.2, 0) is 19.1 Å². The Balaban J connectivity index is 1.85. The highest BCUT2D eigenvalue weighted by atomic mass is 16.5. The van der Waals surface area contributed by atoms with E-state index in [1.54, 1.807) is 21.8 Å². The highest BCUT2D eigenvalue weighted by molar-refractivity contribution is 5.89. The van der Waals surface area contributed by atoms with Gasteiger partial charge in [-0.15, -0.1) is 0 Å². The van der Waals surface area contributed by atoms with E-state index in [2.05, 4.69) is 0 Å². The first-order valence-electron chi connectivity index (χ1n) is 8.60. The van der Waals surface area contributed by atoms with Gasteiger partial charge in [-0.25, -0.2) is 0 Å². The van der Waals surface area contributed by atoms with Crippen LogP contribution in [0, 0.1) is 5.92 Å². The highest BCUT2D eigenvalue weighted by Crippen LogP contribution is 2.27. The normalized spacial score (nSPS) is 22.2. The van der Waals surface area contributed by atoms with Crippen LogP contribution in [0.1, 0.15) is 33.6 Å². The molecule has 7 heteroatoms. The molecule has 136 valence electrons. The zero-order valence-corrected chi connectivity index (χ0v) is 15.2. The van der Waals surface area contributed by atoms with Crippen LogP contribution >= 0.6 is 0 Å². The summed E-state index contributed by atoms with van der Waals surface area (Å²) in [6.07, 6.45) is 0.672. The molecule has 2 heterocycles. The fraction of sp³-hybridized carbons (Fsp3) is 0.824. The molecular formula is C17H29N3O4. The van der Waals surface area contributed by atoms with Crippen LogP contribution in [0.15, 0.2) is 0 Å². The number of carbonyl (C=O) groups is 3. The van der Waals surface area contributed by atoms with E-state index in [4.69, 9.17) is 4.74 Å². The number of ether oxygens (including phenoxy) is 1. The minimum atomic E-state index is -0.257. The van der Waals surface area contributed by atoms with E-state index < -0.39 is 0 Å². The van der Waals surface area contributed by atoms with Crippen LogP contribution < -0.4 is 0 Å². The molecule has 0 saturated carbocycles. The number of amides is 3. The summed E-state index contributed by atoms with van der Waals surface area (Å²) in [6, 6.07) is 0. The molecule has 0 spiro atoms. The van der Waals surface area contributed by atoms with E-state index in [0.717, 1.165) is 0 Å². The molecule has 0 N–H and O–H groups in total. The lowest BCUT2D eigenvalue weighted by molar-refractivity contribution is -0.142. The van der Waals surface area contributed by atoms with E-state index in [0.29, 0.717) is 52.2 Å². The van der Waals surface area contributed by atoms with Crippen molar-refractivity contribution in [3.8, 4) is 0 Å². The molecule has 2 aliphatic heterocycles. The van der Waals surface area contributed by atoms with Crippen molar-refractivity contribution >= 4 is 17.7 Å². The largest absolute Gasteiger partial charge is 0.384 e. The molecule has 0 aromatic heterocycles. The van der Waals surface area contributed by atoms with Crippen molar-refractivity contribution in [1.29, 1.82) is 0 Å². The molecule has 0 aromatic carbocycles. The van der Waals surface area contributed by atoms with Gasteiger partial charge in [0.1, 0.15) is 0 Å². The van der Waals surface area contributed by atoms with Crippen molar-refractivity contribution in [2.45, 2.75) is 39.2 Å². The molecule has 3 amide bonds. The number of piperazine rings is 1. The lowest BCUT2D eigenvalue weighted by Crippen LogP contribution is -2.52. The molecule has 1 unspecified atom stereocenters. The predicted molar refractivity (Wildman–Crippen MR) is 89.2 cm³/mol. The summed E-state index contributed by atoms with van der Waals surface area (Å²) in [4.78, 5) is 42.2. The third kappa shape index (κ3) is 4.26. The SMILES string of the molecule is COCCC(=O)N1CCN(C(=O)C2CC(=O)N(C(C)(C)C)C2)CC1. The molecular weight excluding hydrogens is 310 g/mol. The molecule has 0 aromatic rings. The number of methoxy groups -OCH3 is 1. The molecule has 0 radical (unpaired) electrons. The zero-order chi connectivity index (χ0) is 17.9. The molecule has 1 atom stereocenters. The summed E-state index contributed by atoms with van der Waals surface area (Å²) in [5.41, 5.74) is -0.251. The molecule has 7 nitrogen and oxygen atoms in total. The van der Waals surface area contributed by atoms with Crippen LogP contribution in [0.4, 0.5) is 0 Å². The van der Waals surface area contributed by atoms with E-state index in [1.807, 2.05) is 20.8 Å². The summed E-state index contributed by atoms with van der Waals surface area (Å²) in [7, 11) is 1.58. The van der Waals surface area contributed by atoms with E-state index in [1.165, 1.54) is 0 Å². The van der Waals surface area contributed by atoms with Crippen LogP contribution in [0.3, 0.4) is 0 Å². The Morgan fingerprint density at radius 2 is 1.71 bits per heavy atom. The van der Waals surface area contributed by atoms with E-state index in [9.17, 15) is 14.4 Å². The molecule has 2 saturated heterocycles. The fourth-order valence-electron chi connectivity index (χ4n) is 3.30. The van der Waals surface area contributed by atoms with E-state index in [-0.39, 0.29) is 29.2 Å². The van der Waals surface area contributed by atoms with Gasteiger partial charge >= 0.3 is 0 Å². The Morgan fingerprint density at radius 3 is 2.21 bits per heavy atom. The Kier molecular flexibility index (Phi) is 5.85. The standard InChI is InChI=1S/C17H29N3O4/c1-17(2,3)20-12-13(11-15(20)22)16(23)19-8-6-18(7-9-19)14(21)5-10-24-4/h13H,5-12H2,1-4H3. The number of carbonyl (C=O) groups excluding carboxylic acids is 3. The van der Waals surface area contributed by atoms with Crippen molar-refractivity contribution in [2.75, 3.05) is 46.4 Å². The van der Waals surface area contributed by atoms with Crippen molar-refractivity contribution in [3.05, 3.63) is 0 Å². The number of likely N-dealkylation sites (tertiary alicyclic amines) is 1. The van der Waals surface area contributed by atoms with Crippen molar-refractivity contribution in [3.63, 3.8) is 0 Å². The minimum Gasteiger partial charge on any atom is -0.384 e. The third-order valence-electron chi connectivity index (χ3n) is 4.75. The van der Waals surface area contributed by atoms with Crippen LogP contribution in [0.5, 0.6) is 0 Å². The van der Waals surface area contributed by atoms with Gasteiger partial charge < -0.3 is 19.4 Å². The Bertz CT molecular complexity index is 493. The zero-order valence-electron chi connectivity index (χ0n) is 15.2. The average Bonchev–Trinajstić information content (AvgIpc) is 2.94. The monoisotopic (exact) mass is 339 g/mol. The highest BCUT2D eigenvalue weighted by Gasteiger charge is 2.41. The Labute approximate surface area is 143 Å². The van der Waals surface area contributed by atoms with Crippen LogP contribution in [0.2, 0.25) is 0 Å². The molecule has 0 bridgehead atoms. The topological polar surface area (TPSA) is 70.2 Å². The first kappa shape index (κ1) is 18.7. The van der Waals surface area contributed by atoms with Gasteiger partial charge in [0.2, 0.25) is 17.7 Å². The summed E-state index contributed by atoms with van der Waals surface area (Å²) in [5, 5.41) is 0. The van der Waals surface area contributed by atoms with Gasteiger partial charge in [0.15, 0.2) is 0 Å². The molecule has 2 fully saturated rings. The second kappa shape index (κ2) is 7.51. The summed E-state index contributed by atoms with van der Waals surface area (Å²) in [6.45, 7) is 9.07. The molecule has 2 aliphatic rings. The predicted octanol–water partition coefficient (Wildman–Crippen LogP) is 0.341. The van der Waals surface area contributed by atoms with Crippen molar-refractivity contribution < 1.29 is 19.1 Å². The van der Waals surface area contributed by atoms with Crippen LogP contribution in [-0.4, -0.2) is 84.4 Å². The first-order chi connectivity index (χ1) is 11.2. The van der Waals surface area contributed by atoms with Gasteiger partial charge in [0.25, 0.3) is 0 Å². The minimum absolute atomic E-state index is 0.0408. The summed E-state index contributed by atoms with van der Waals surface area (Å²) >= 11 is 0. The number of hydrogen-bond donors (Lipinski definition) is 0. The second-order valence-corrected chi connectivity index (χ2v) is 7.53. The quantitative estimate of drug-likeness (QED) is 0.741. The molecule has 0 aliphatic carbocycles. The van der Waals surface area contributed by atoms with Gasteiger partial charge in [-0.05, 0) is 20.8 Å². The van der Waals surface area contributed by atoms with Gasteiger partial charge in [-0.3, -0.25) is 14.4 Å². The lowest BCUT2D eigenvalue weighted by Gasteiger charge is -2.36. The Morgan fingerprint density at radius 1 is 1.12 bits per heavy atom. The van der Waals surface area contributed by atoms with Gasteiger partial charge in [-0.2, -0.15) is 0 Å². The maximum atomic E-state index is 12.7. The third-order valence-corrected chi connectivity index (χ3v) is 4.75. The first-order valence-corrected chi connectivity index (χ1v) is 8.60. The van der Waals surface area contributed by atoms with Gasteiger partial charge in [-0.1, -0.05) is 0 Å². The van der Waals surface area contributed by atoms with Crippen molar-refractivity contribution in [2.24, 2.45) is 5.92 Å². The number of hydrogen-bond acceptors (Lipinski definition) is 4. The summed E-state index contributed by atoms with van der Waals surface area (Å²) in [5.74, 6) is -0.0975. The number of rotatable bonds is 4. The van der Waals surface area contributed by atoms with Crippen LogP contribution in [0.25, 0.3) is 0 Å². The second-order valence-electron chi connectivity index (χ2n) is 7.53. The Hall–Kier alpha value is -1.63. The van der Waals surface area contributed by atoms with Gasteiger partial charge in [0, 0.05) is 51.8 Å². The fourth-order valence-corrected chi connectivity index (χ4v) is 3.30. The molecule has 2 rings (SSSR count). The van der Waals surface area contributed by atoms with Gasteiger partial charge in [0.05, 0.1) is 18.9 Å². The maximum absolute atomic E-state index is 12.7. The lowest BCUT2D eigenvalue weighted by atomic mass is 10.1. The average molecular weight is 339 g/mol. The molecule has 24 heavy (non-hydrogen) atoms.